The van der Waals surface area contributed by atoms with Gasteiger partial charge in [0.2, 0.25) is 0 Å². The van der Waals surface area contributed by atoms with Crippen LogP contribution in [0.4, 0.5) is 0 Å². The van der Waals surface area contributed by atoms with E-state index in [1.807, 2.05) is 30.3 Å². The summed E-state index contributed by atoms with van der Waals surface area (Å²) >= 11 is 0. The minimum absolute atomic E-state index is 0.0252. The fraction of sp³-hybridized carbons (Fsp3) is 0.529. The van der Waals surface area contributed by atoms with Crippen LogP contribution in [0.1, 0.15) is 37.7 Å². The summed E-state index contributed by atoms with van der Waals surface area (Å²) in [6.45, 7) is 0.359. The van der Waals surface area contributed by atoms with Crippen molar-refractivity contribution in [1.29, 1.82) is 0 Å². The summed E-state index contributed by atoms with van der Waals surface area (Å²) in [5.74, 6) is 0.202. The fourth-order valence-corrected chi connectivity index (χ4v) is 3.42. The van der Waals surface area contributed by atoms with Gasteiger partial charge in [-0.3, -0.25) is 4.79 Å². The summed E-state index contributed by atoms with van der Waals surface area (Å²) in [6, 6.07) is 9.76. The summed E-state index contributed by atoms with van der Waals surface area (Å²) in [7, 11) is 0. The van der Waals surface area contributed by atoms with Crippen LogP contribution in [-0.4, -0.2) is 12.3 Å². The van der Waals surface area contributed by atoms with Crippen LogP contribution in [0, 0.1) is 17.3 Å². The summed E-state index contributed by atoms with van der Waals surface area (Å²) in [5.41, 5.74) is 1.27. The Hall–Kier alpha value is -1.64. The van der Waals surface area contributed by atoms with Gasteiger partial charge in [-0.05, 0) is 43.1 Å². The average molecular weight is 272 g/mol. The van der Waals surface area contributed by atoms with Crippen molar-refractivity contribution in [3.8, 4) is 0 Å². The standard InChI is InChI=1S/C17H20O3/c18-11-15-10-17(15)8-6-14(7-9-17)16(19)20-12-13-4-2-1-3-5-13/h1-5,11,14-15H,6-10,12H2/t14?,15-,17?/m0/s1. The topological polar surface area (TPSA) is 43.4 Å². The fourth-order valence-electron chi connectivity index (χ4n) is 3.42. The van der Waals surface area contributed by atoms with Gasteiger partial charge in [0.25, 0.3) is 0 Å². The molecule has 20 heavy (non-hydrogen) atoms. The van der Waals surface area contributed by atoms with Crippen molar-refractivity contribution in [2.75, 3.05) is 0 Å². The maximum absolute atomic E-state index is 12.1. The van der Waals surface area contributed by atoms with E-state index in [9.17, 15) is 9.59 Å². The molecule has 0 saturated heterocycles. The van der Waals surface area contributed by atoms with Gasteiger partial charge in [-0.25, -0.2) is 0 Å². The van der Waals surface area contributed by atoms with Gasteiger partial charge in [0, 0.05) is 5.92 Å². The lowest BCUT2D eigenvalue weighted by Gasteiger charge is -2.27. The molecule has 0 heterocycles. The number of aldehydes is 1. The van der Waals surface area contributed by atoms with E-state index in [1.54, 1.807) is 0 Å². The molecule has 106 valence electrons. The van der Waals surface area contributed by atoms with Gasteiger partial charge >= 0.3 is 5.97 Å². The maximum atomic E-state index is 12.1. The van der Waals surface area contributed by atoms with Crippen LogP contribution in [0.25, 0.3) is 0 Å². The molecule has 3 heteroatoms. The SMILES string of the molecule is O=C[C@@H]1CC12CCC(C(=O)OCc1ccccc1)CC2. The number of hydrogen-bond donors (Lipinski definition) is 0. The van der Waals surface area contributed by atoms with E-state index in [-0.39, 0.29) is 23.2 Å². The van der Waals surface area contributed by atoms with Gasteiger partial charge in [-0.1, -0.05) is 30.3 Å². The lowest BCUT2D eigenvalue weighted by molar-refractivity contribution is -0.151. The highest BCUT2D eigenvalue weighted by Crippen LogP contribution is 2.61. The Morgan fingerprint density at radius 3 is 2.55 bits per heavy atom. The second-order valence-electron chi connectivity index (χ2n) is 6.18. The molecular weight excluding hydrogens is 252 g/mol. The second kappa shape index (κ2) is 5.39. The third-order valence-electron chi connectivity index (χ3n) is 4.96. The molecule has 3 rings (SSSR count). The van der Waals surface area contributed by atoms with E-state index in [4.69, 9.17) is 4.74 Å². The number of ether oxygens (including phenoxy) is 1. The minimum atomic E-state index is -0.0768. The molecule has 3 nitrogen and oxygen atoms in total. The van der Waals surface area contributed by atoms with Crippen LogP contribution in [0.5, 0.6) is 0 Å². The van der Waals surface area contributed by atoms with Crippen molar-refractivity contribution in [3.05, 3.63) is 35.9 Å². The Kier molecular flexibility index (Phi) is 3.60. The molecule has 2 aliphatic rings. The molecule has 2 saturated carbocycles. The molecular formula is C17H20O3. The summed E-state index contributed by atoms with van der Waals surface area (Å²) < 4.78 is 5.40. The van der Waals surface area contributed by atoms with Gasteiger partial charge in [0.05, 0.1) is 5.92 Å². The van der Waals surface area contributed by atoms with Crippen LogP contribution < -0.4 is 0 Å². The van der Waals surface area contributed by atoms with Crippen molar-refractivity contribution in [2.45, 2.75) is 38.7 Å². The summed E-state index contributed by atoms with van der Waals surface area (Å²) in [5, 5.41) is 0. The Bertz CT molecular complexity index is 486. The predicted octanol–water partition coefficient (Wildman–Crippen LogP) is 3.13. The van der Waals surface area contributed by atoms with E-state index in [1.165, 1.54) is 0 Å². The minimum Gasteiger partial charge on any atom is -0.461 e. The van der Waals surface area contributed by atoms with E-state index in [0.29, 0.717) is 6.61 Å². The highest BCUT2D eigenvalue weighted by Gasteiger charge is 2.55. The molecule has 1 aromatic rings. The number of rotatable bonds is 4. The quantitative estimate of drug-likeness (QED) is 0.625. The van der Waals surface area contributed by atoms with Crippen LogP contribution in [0.15, 0.2) is 30.3 Å². The molecule has 0 unspecified atom stereocenters. The van der Waals surface area contributed by atoms with Crippen molar-refractivity contribution in [1.82, 2.24) is 0 Å². The first-order valence-corrected chi connectivity index (χ1v) is 7.39. The van der Waals surface area contributed by atoms with Crippen LogP contribution in [0.2, 0.25) is 0 Å². The molecule has 2 fully saturated rings. The molecule has 2 aliphatic carbocycles. The second-order valence-corrected chi connectivity index (χ2v) is 6.18. The van der Waals surface area contributed by atoms with Crippen molar-refractivity contribution in [3.63, 3.8) is 0 Å². The third-order valence-corrected chi connectivity index (χ3v) is 4.96. The number of carbonyl (C=O) groups is 2. The highest BCUT2D eigenvalue weighted by molar-refractivity contribution is 5.72. The van der Waals surface area contributed by atoms with Crippen LogP contribution in [0.3, 0.4) is 0 Å². The van der Waals surface area contributed by atoms with E-state index < -0.39 is 0 Å². The monoisotopic (exact) mass is 272 g/mol. The van der Waals surface area contributed by atoms with E-state index in [2.05, 4.69) is 0 Å². The highest BCUT2D eigenvalue weighted by atomic mass is 16.5. The summed E-state index contributed by atoms with van der Waals surface area (Å²) in [6.07, 6.45) is 5.87. The molecule has 0 aromatic heterocycles. The Morgan fingerprint density at radius 2 is 1.95 bits per heavy atom. The van der Waals surface area contributed by atoms with Crippen LogP contribution in [-0.2, 0) is 20.9 Å². The van der Waals surface area contributed by atoms with Crippen LogP contribution >= 0.6 is 0 Å². The number of benzene rings is 1. The molecule has 1 aromatic carbocycles. The Labute approximate surface area is 119 Å². The molecule has 0 radical (unpaired) electrons. The lowest BCUT2D eigenvalue weighted by atomic mass is 9.78. The van der Waals surface area contributed by atoms with Gasteiger partial charge < -0.3 is 9.53 Å². The normalized spacial score (nSPS) is 31.8. The zero-order chi connectivity index (χ0) is 14.0. The third kappa shape index (κ3) is 2.62. The molecule has 0 N–H and O–H groups in total. The number of esters is 1. The maximum Gasteiger partial charge on any atom is 0.309 e. The first-order chi connectivity index (χ1) is 9.73. The largest absolute Gasteiger partial charge is 0.461 e. The van der Waals surface area contributed by atoms with Gasteiger partial charge in [0.15, 0.2) is 0 Å². The van der Waals surface area contributed by atoms with Gasteiger partial charge in [-0.15, -0.1) is 0 Å². The molecule has 0 amide bonds. The average Bonchev–Trinajstić information content (AvgIpc) is 3.19. The van der Waals surface area contributed by atoms with Crippen molar-refractivity contribution in [2.24, 2.45) is 17.3 Å². The Balaban J connectivity index is 1.46. The molecule has 0 bridgehead atoms. The summed E-state index contributed by atoms with van der Waals surface area (Å²) in [4.78, 5) is 22.9. The van der Waals surface area contributed by atoms with Crippen molar-refractivity contribution < 1.29 is 14.3 Å². The zero-order valence-electron chi connectivity index (χ0n) is 11.6. The first-order valence-electron chi connectivity index (χ1n) is 7.39. The van der Waals surface area contributed by atoms with Gasteiger partial charge in [0.1, 0.15) is 12.9 Å². The molecule has 1 atom stereocenters. The predicted molar refractivity (Wildman–Crippen MR) is 74.8 cm³/mol. The first kappa shape index (κ1) is 13.3. The van der Waals surface area contributed by atoms with Crippen molar-refractivity contribution >= 4 is 12.3 Å². The van der Waals surface area contributed by atoms with Gasteiger partial charge in [-0.2, -0.15) is 0 Å². The lowest BCUT2D eigenvalue weighted by Crippen LogP contribution is -2.25. The molecule has 0 aliphatic heterocycles. The number of hydrogen-bond acceptors (Lipinski definition) is 3. The molecule has 1 spiro atoms. The Morgan fingerprint density at radius 1 is 1.25 bits per heavy atom. The number of carbonyl (C=O) groups excluding carboxylic acids is 2. The smallest absolute Gasteiger partial charge is 0.309 e. The zero-order valence-corrected chi connectivity index (χ0v) is 11.6. The van der Waals surface area contributed by atoms with E-state index >= 15 is 0 Å². The van der Waals surface area contributed by atoms with E-state index in [0.717, 1.165) is 44.0 Å².